The molecule has 2 rings (SSSR count). The van der Waals surface area contributed by atoms with Gasteiger partial charge < -0.3 is 15.7 Å². The number of rotatable bonds is 3. The summed E-state index contributed by atoms with van der Waals surface area (Å²) >= 11 is 3.31. The smallest absolute Gasteiger partial charge is 0.303 e. The minimum Gasteiger partial charge on any atom is -0.481 e. The van der Waals surface area contributed by atoms with Crippen molar-refractivity contribution in [3.05, 3.63) is 28.2 Å². The lowest BCUT2D eigenvalue weighted by Gasteiger charge is -2.38. The Bertz CT molecular complexity index is 498. The standard InChI is InChI=1S/C12H13BrN2O3/c13-10-2-1-8(14)4-9(10)12(18)15-5-7(6-15)3-11(16)17/h1-2,4,7H,3,5-6,14H2,(H,16,17). The molecule has 0 saturated carbocycles. The summed E-state index contributed by atoms with van der Waals surface area (Å²) < 4.78 is 0.698. The normalized spacial score (nSPS) is 15.3. The third-order valence-electron chi connectivity index (χ3n) is 2.93. The van der Waals surface area contributed by atoms with E-state index in [4.69, 9.17) is 10.8 Å². The van der Waals surface area contributed by atoms with Gasteiger partial charge in [-0.2, -0.15) is 0 Å². The molecule has 0 bridgehead atoms. The second kappa shape index (κ2) is 4.97. The van der Waals surface area contributed by atoms with Crippen LogP contribution in [-0.4, -0.2) is 35.0 Å². The predicted octanol–water partition coefficient (Wildman–Crippen LogP) is 1.58. The van der Waals surface area contributed by atoms with Gasteiger partial charge in [0.05, 0.1) is 12.0 Å². The molecule has 1 amide bonds. The first-order chi connectivity index (χ1) is 8.47. The number of hydrogen-bond acceptors (Lipinski definition) is 3. The van der Waals surface area contributed by atoms with Crippen LogP contribution in [0.5, 0.6) is 0 Å². The van der Waals surface area contributed by atoms with Crippen molar-refractivity contribution in [2.75, 3.05) is 18.8 Å². The zero-order valence-electron chi connectivity index (χ0n) is 9.60. The molecule has 0 atom stereocenters. The number of nitrogens with two attached hydrogens (primary N) is 1. The molecule has 1 aliphatic rings. The topological polar surface area (TPSA) is 83.6 Å². The molecule has 3 N–H and O–H groups in total. The van der Waals surface area contributed by atoms with E-state index in [1.54, 1.807) is 23.1 Å². The summed E-state index contributed by atoms with van der Waals surface area (Å²) in [5, 5.41) is 8.64. The Morgan fingerprint density at radius 1 is 1.44 bits per heavy atom. The Morgan fingerprint density at radius 3 is 2.72 bits per heavy atom. The number of carboxylic acids is 1. The highest BCUT2D eigenvalue weighted by molar-refractivity contribution is 9.10. The molecule has 6 heteroatoms. The van der Waals surface area contributed by atoms with Crippen LogP contribution in [-0.2, 0) is 4.79 Å². The fourth-order valence-electron chi connectivity index (χ4n) is 1.99. The molecule has 96 valence electrons. The molecule has 1 aliphatic heterocycles. The molecule has 0 radical (unpaired) electrons. The molecule has 0 aromatic heterocycles. The van der Waals surface area contributed by atoms with Gasteiger partial charge in [-0.05, 0) is 34.1 Å². The minimum atomic E-state index is -0.822. The Morgan fingerprint density at radius 2 is 2.11 bits per heavy atom. The lowest BCUT2D eigenvalue weighted by atomic mass is 9.95. The van der Waals surface area contributed by atoms with Crippen LogP contribution in [0.4, 0.5) is 5.69 Å². The monoisotopic (exact) mass is 312 g/mol. The highest BCUT2D eigenvalue weighted by atomic mass is 79.9. The quantitative estimate of drug-likeness (QED) is 0.830. The van der Waals surface area contributed by atoms with Gasteiger partial charge in [0.1, 0.15) is 0 Å². The maximum Gasteiger partial charge on any atom is 0.303 e. The van der Waals surface area contributed by atoms with Crippen molar-refractivity contribution in [2.45, 2.75) is 6.42 Å². The van der Waals surface area contributed by atoms with Gasteiger partial charge in [0.15, 0.2) is 0 Å². The first kappa shape index (κ1) is 12.9. The molecule has 1 aromatic rings. The summed E-state index contributed by atoms with van der Waals surface area (Å²) in [4.78, 5) is 24.3. The largest absolute Gasteiger partial charge is 0.481 e. The predicted molar refractivity (Wildman–Crippen MR) is 70.2 cm³/mol. The van der Waals surface area contributed by atoms with Crippen molar-refractivity contribution in [2.24, 2.45) is 5.92 Å². The van der Waals surface area contributed by atoms with E-state index in [1.807, 2.05) is 0 Å². The zero-order chi connectivity index (χ0) is 13.3. The number of amides is 1. The van der Waals surface area contributed by atoms with Crippen LogP contribution in [0.15, 0.2) is 22.7 Å². The van der Waals surface area contributed by atoms with E-state index in [1.165, 1.54) is 0 Å². The Kier molecular flexibility index (Phi) is 3.56. The SMILES string of the molecule is Nc1ccc(Br)c(C(=O)N2CC(CC(=O)O)C2)c1. The molecular weight excluding hydrogens is 300 g/mol. The summed E-state index contributed by atoms with van der Waals surface area (Å²) in [6, 6.07) is 5.07. The Labute approximate surface area is 113 Å². The van der Waals surface area contributed by atoms with Crippen molar-refractivity contribution in [3.8, 4) is 0 Å². The number of halogens is 1. The number of carboxylic acid groups (broad SMARTS) is 1. The summed E-state index contributed by atoms with van der Waals surface area (Å²) in [6.07, 6.45) is 0.113. The van der Waals surface area contributed by atoms with Crippen LogP contribution in [0.25, 0.3) is 0 Å². The van der Waals surface area contributed by atoms with Crippen LogP contribution >= 0.6 is 15.9 Å². The first-order valence-electron chi connectivity index (χ1n) is 5.53. The Balaban J connectivity index is 2.01. The van der Waals surface area contributed by atoms with Gasteiger partial charge in [0, 0.05) is 29.2 Å². The van der Waals surface area contributed by atoms with Crippen LogP contribution in [0.2, 0.25) is 0 Å². The van der Waals surface area contributed by atoms with Crippen molar-refractivity contribution >= 4 is 33.5 Å². The maximum absolute atomic E-state index is 12.1. The Hall–Kier alpha value is -1.56. The summed E-state index contributed by atoms with van der Waals surface area (Å²) in [7, 11) is 0. The molecule has 1 saturated heterocycles. The number of benzene rings is 1. The summed E-state index contributed by atoms with van der Waals surface area (Å²) in [5.41, 5.74) is 6.70. The van der Waals surface area contributed by atoms with Crippen LogP contribution in [0.1, 0.15) is 16.8 Å². The molecular formula is C12H13BrN2O3. The van der Waals surface area contributed by atoms with Crippen molar-refractivity contribution in [1.82, 2.24) is 4.90 Å². The third-order valence-corrected chi connectivity index (χ3v) is 3.62. The number of nitrogen functional groups attached to an aromatic ring is 1. The van der Waals surface area contributed by atoms with E-state index in [-0.39, 0.29) is 18.2 Å². The molecule has 1 fully saturated rings. The van der Waals surface area contributed by atoms with Crippen LogP contribution < -0.4 is 5.73 Å². The second-order valence-electron chi connectivity index (χ2n) is 4.41. The van der Waals surface area contributed by atoms with E-state index < -0.39 is 5.97 Å². The number of hydrogen-bond donors (Lipinski definition) is 2. The van der Waals surface area contributed by atoms with Gasteiger partial charge in [0.2, 0.25) is 0 Å². The average Bonchev–Trinajstić information content (AvgIpc) is 2.25. The molecule has 0 spiro atoms. The summed E-state index contributed by atoms with van der Waals surface area (Å²) in [6.45, 7) is 0.985. The summed E-state index contributed by atoms with van der Waals surface area (Å²) in [5.74, 6) is -0.876. The van der Waals surface area contributed by atoms with Crippen LogP contribution in [0, 0.1) is 5.92 Å². The number of nitrogens with zero attached hydrogens (tertiary/aromatic N) is 1. The average molecular weight is 313 g/mol. The minimum absolute atomic E-state index is 0.0614. The number of likely N-dealkylation sites (tertiary alicyclic amines) is 1. The van der Waals surface area contributed by atoms with Gasteiger partial charge in [-0.1, -0.05) is 0 Å². The van der Waals surface area contributed by atoms with Gasteiger partial charge >= 0.3 is 5.97 Å². The molecule has 5 nitrogen and oxygen atoms in total. The number of carbonyl (C=O) groups is 2. The van der Waals surface area contributed by atoms with Gasteiger partial charge in [-0.15, -0.1) is 0 Å². The second-order valence-corrected chi connectivity index (χ2v) is 5.27. The van der Waals surface area contributed by atoms with Crippen molar-refractivity contribution in [3.63, 3.8) is 0 Å². The van der Waals surface area contributed by atoms with Gasteiger partial charge in [-0.3, -0.25) is 9.59 Å². The number of carbonyl (C=O) groups excluding carboxylic acids is 1. The number of anilines is 1. The highest BCUT2D eigenvalue weighted by Gasteiger charge is 2.33. The van der Waals surface area contributed by atoms with Gasteiger partial charge in [-0.25, -0.2) is 0 Å². The van der Waals surface area contributed by atoms with E-state index >= 15 is 0 Å². The molecule has 0 unspecified atom stereocenters. The zero-order valence-corrected chi connectivity index (χ0v) is 11.2. The molecule has 18 heavy (non-hydrogen) atoms. The van der Waals surface area contributed by atoms with Gasteiger partial charge in [0.25, 0.3) is 5.91 Å². The highest BCUT2D eigenvalue weighted by Crippen LogP contribution is 2.26. The maximum atomic E-state index is 12.1. The van der Waals surface area contributed by atoms with E-state index in [0.717, 1.165) is 0 Å². The van der Waals surface area contributed by atoms with Crippen molar-refractivity contribution < 1.29 is 14.7 Å². The molecule has 1 aromatic carbocycles. The van der Waals surface area contributed by atoms with E-state index in [0.29, 0.717) is 28.8 Å². The lowest BCUT2D eigenvalue weighted by molar-refractivity contribution is -0.139. The number of aliphatic carboxylic acids is 1. The van der Waals surface area contributed by atoms with E-state index in [9.17, 15) is 9.59 Å². The lowest BCUT2D eigenvalue weighted by Crippen LogP contribution is -2.50. The van der Waals surface area contributed by atoms with E-state index in [2.05, 4.69) is 15.9 Å². The first-order valence-corrected chi connectivity index (χ1v) is 6.32. The van der Waals surface area contributed by atoms with Crippen LogP contribution in [0.3, 0.4) is 0 Å². The fourth-order valence-corrected chi connectivity index (χ4v) is 2.41. The molecule has 0 aliphatic carbocycles. The van der Waals surface area contributed by atoms with Crippen molar-refractivity contribution in [1.29, 1.82) is 0 Å². The third kappa shape index (κ3) is 2.64. The fraction of sp³-hybridized carbons (Fsp3) is 0.333. The molecule has 1 heterocycles.